The van der Waals surface area contributed by atoms with Gasteiger partial charge in [0.15, 0.2) is 35.1 Å². The Morgan fingerprint density at radius 1 is 0.960 bits per heavy atom. The van der Waals surface area contributed by atoms with Crippen LogP contribution in [0, 0.1) is 0 Å². The summed E-state index contributed by atoms with van der Waals surface area (Å²) < 4.78 is 24.0. The third-order valence-electron chi connectivity index (χ3n) is 9.65. The summed E-state index contributed by atoms with van der Waals surface area (Å²) in [4.78, 5) is 23.4. The Morgan fingerprint density at radius 3 is 2.22 bits per heavy atom. The molecule has 2 saturated heterocycles. The molecule has 50 heavy (non-hydrogen) atoms. The number of ether oxygens (including phenoxy) is 3. The fourth-order valence-electron chi connectivity index (χ4n) is 6.62. The molecule has 0 bridgehead atoms. The third kappa shape index (κ3) is 6.44. The molecule has 3 aromatic heterocycles. The molecule has 15 heteroatoms. The maximum atomic E-state index is 11.2. The highest BCUT2D eigenvalue weighted by Gasteiger charge is 2.48. The van der Waals surface area contributed by atoms with Crippen molar-refractivity contribution in [2.24, 2.45) is 0 Å². The maximum Gasteiger partial charge on any atom is 0.258 e. The number of aromatic nitrogens is 6. The van der Waals surface area contributed by atoms with Crippen LogP contribution in [0.3, 0.4) is 0 Å². The van der Waals surface area contributed by atoms with Crippen molar-refractivity contribution >= 4 is 22.9 Å². The number of rotatable bonds is 12. The van der Waals surface area contributed by atoms with Crippen LogP contribution in [-0.2, 0) is 11.2 Å². The van der Waals surface area contributed by atoms with Gasteiger partial charge in [-0.05, 0) is 55.9 Å². The number of likely N-dealkylation sites (N-methyl/N-ethyl adjacent to an activating group) is 1. The Morgan fingerprint density at radius 2 is 1.64 bits per heavy atom. The summed E-state index contributed by atoms with van der Waals surface area (Å²) in [7, 11) is 7.46. The van der Waals surface area contributed by atoms with Gasteiger partial charge in [-0.25, -0.2) is 4.98 Å². The Labute approximate surface area is 289 Å². The lowest BCUT2D eigenvalue weighted by Gasteiger charge is -2.23. The monoisotopic (exact) mass is 685 g/mol. The van der Waals surface area contributed by atoms with Crippen molar-refractivity contribution in [1.29, 1.82) is 0 Å². The van der Waals surface area contributed by atoms with Crippen molar-refractivity contribution in [2.75, 3.05) is 58.2 Å². The van der Waals surface area contributed by atoms with E-state index in [-0.39, 0.29) is 11.8 Å². The molecule has 0 spiro atoms. The molecular formula is C35H43N9O6. The average Bonchev–Trinajstić information content (AvgIpc) is 3.96. The molecule has 264 valence electrons. The summed E-state index contributed by atoms with van der Waals surface area (Å²) >= 11 is 0. The number of benzene rings is 2. The van der Waals surface area contributed by atoms with E-state index in [1.54, 1.807) is 25.1 Å². The zero-order valence-corrected chi connectivity index (χ0v) is 28.8. The first-order chi connectivity index (χ1) is 24.3. The molecule has 2 aliphatic heterocycles. The minimum absolute atomic E-state index is 0.0643. The van der Waals surface area contributed by atoms with Gasteiger partial charge in [0.2, 0.25) is 5.95 Å². The zero-order valence-electron chi connectivity index (χ0n) is 28.8. The topological polar surface area (TPSA) is 169 Å². The standard InChI is InChI=1S/C35H43N9O6/c1-6-26-38-33(50-41-26)30-28(45)29(46)34(49-30)44-19-37-27-31(39-35(40-32(27)44)43-16-15-22(18-43)42(2)3)36-17-25(20-7-11-23(47-4)12-8-20)21-9-13-24(48-5)14-10-21/h7-14,19,22,25,28-30,34,45-46H,6,15-18H2,1-5H3,(H,36,39,40)/t22-,28-,29+,30-,34+/m0/s1. The minimum Gasteiger partial charge on any atom is -0.497 e. The van der Waals surface area contributed by atoms with Gasteiger partial charge in [0.1, 0.15) is 23.7 Å². The van der Waals surface area contributed by atoms with Gasteiger partial charge in [-0.15, -0.1) is 0 Å². The highest BCUT2D eigenvalue weighted by atomic mass is 16.6. The number of methoxy groups -OCH3 is 2. The van der Waals surface area contributed by atoms with Gasteiger partial charge in [-0.1, -0.05) is 36.3 Å². The van der Waals surface area contributed by atoms with E-state index in [1.165, 1.54) is 0 Å². The van der Waals surface area contributed by atoms with Gasteiger partial charge in [-0.3, -0.25) is 4.57 Å². The molecule has 5 heterocycles. The Kier molecular flexibility index (Phi) is 9.55. The van der Waals surface area contributed by atoms with Crippen molar-refractivity contribution < 1.29 is 28.9 Å². The largest absolute Gasteiger partial charge is 0.497 e. The highest BCUT2D eigenvalue weighted by molar-refractivity contribution is 5.84. The van der Waals surface area contributed by atoms with Crippen LogP contribution in [0.1, 0.15) is 54.4 Å². The number of aliphatic hydroxyl groups excluding tert-OH is 2. The number of hydrogen-bond donors (Lipinski definition) is 3. The van der Waals surface area contributed by atoms with E-state index in [0.29, 0.717) is 47.8 Å². The van der Waals surface area contributed by atoms with Crippen LogP contribution in [0.5, 0.6) is 11.5 Å². The van der Waals surface area contributed by atoms with Crippen molar-refractivity contribution in [3.05, 3.63) is 77.7 Å². The van der Waals surface area contributed by atoms with Gasteiger partial charge in [0.05, 0.1) is 20.5 Å². The van der Waals surface area contributed by atoms with Crippen molar-refractivity contribution in [3.63, 3.8) is 0 Å². The molecule has 2 aromatic carbocycles. The molecule has 0 radical (unpaired) electrons. The van der Waals surface area contributed by atoms with Crippen LogP contribution in [0.15, 0.2) is 59.4 Å². The van der Waals surface area contributed by atoms with E-state index in [0.717, 1.165) is 42.1 Å². The molecule has 5 atom stereocenters. The van der Waals surface area contributed by atoms with Crippen LogP contribution >= 0.6 is 0 Å². The number of nitrogens with zero attached hydrogens (tertiary/aromatic N) is 8. The second kappa shape index (κ2) is 14.2. The lowest BCUT2D eigenvalue weighted by molar-refractivity contribution is -0.0451. The molecule has 3 N–H and O–H groups in total. The Bertz CT molecular complexity index is 1850. The molecule has 0 amide bonds. The van der Waals surface area contributed by atoms with E-state index in [9.17, 15) is 10.2 Å². The predicted octanol–water partition coefficient (Wildman–Crippen LogP) is 3.17. The van der Waals surface area contributed by atoms with Crippen LogP contribution in [0.2, 0.25) is 0 Å². The molecule has 7 rings (SSSR count). The number of anilines is 2. The number of imidazole rings is 1. The molecule has 5 aromatic rings. The van der Waals surface area contributed by atoms with Gasteiger partial charge >= 0.3 is 0 Å². The highest BCUT2D eigenvalue weighted by Crippen LogP contribution is 2.40. The minimum atomic E-state index is -1.32. The smallest absolute Gasteiger partial charge is 0.258 e. The fraction of sp³-hybridized carbons (Fsp3) is 0.457. The van der Waals surface area contributed by atoms with Gasteiger partial charge < -0.3 is 44.1 Å². The summed E-state index contributed by atoms with van der Waals surface area (Å²) in [5.74, 6) is 3.15. The van der Waals surface area contributed by atoms with Crippen LogP contribution in [0.25, 0.3) is 11.2 Å². The number of aryl methyl sites for hydroxylation is 1. The zero-order chi connectivity index (χ0) is 34.9. The first-order valence-electron chi connectivity index (χ1n) is 16.8. The summed E-state index contributed by atoms with van der Waals surface area (Å²) in [5, 5.41) is 29.8. The van der Waals surface area contributed by atoms with Crippen molar-refractivity contribution in [1.82, 2.24) is 34.6 Å². The van der Waals surface area contributed by atoms with Gasteiger partial charge in [-0.2, -0.15) is 15.0 Å². The second-order valence-corrected chi connectivity index (χ2v) is 12.9. The molecule has 0 unspecified atom stereocenters. The molecule has 2 fully saturated rings. The number of hydrogen-bond acceptors (Lipinski definition) is 14. The normalized spacial score (nSPS) is 22.3. The molecule has 0 aliphatic carbocycles. The third-order valence-corrected chi connectivity index (χ3v) is 9.65. The van der Waals surface area contributed by atoms with E-state index < -0.39 is 24.5 Å². The SMILES string of the molecule is CCc1noc([C@H]2O[C@@H](n3cnc4c(NCC(c5ccc(OC)cc5)c5ccc(OC)cc5)nc(N5CC[C@H](N(C)C)C5)nc43)[C@H](O)[C@@H]2O)n1. The molecule has 2 aliphatic rings. The Balaban J connectivity index is 1.25. The first-order valence-corrected chi connectivity index (χ1v) is 16.8. The van der Waals surface area contributed by atoms with Crippen LogP contribution < -0.4 is 19.7 Å². The van der Waals surface area contributed by atoms with Crippen molar-refractivity contribution in [2.45, 2.75) is 56.3 Å². The maximum absolute atomic E-state index is 11.2. The van der Waals surface area contributed by atoms with E-state index >= 15 is 0 Å². The lowest BCUT2D eigenvalue weighted by Crippen LogP contribution is -2.32. The van der Waals surface area contributed by atoms with E-state index in [4.69, 9.17) is 33.7 Å². The summed E-state index contributed by atoms with van der Waals surface area (Å²) in [6.07, 6.45) is -1.59. The average molecular weight is 686 g/mol. The van der Waals surface area contributed by atoms with E-state index in [1.807, 2.05) is 31.2 Å². The number of nitrogens with one attached hydrogen (secondary N) is 1. The molecule has 15 nitrogen and oxygen atoms in total. The summed E-state index contributed by atoms with van der Waals surface area (Å²) in [6.45, 7) is 3.92. The molecule has 0 saturated carbocycles. The lowest BCUT2D eigenvalue weighted by atomic mass is 9.91. The summed E-state index contributed by atoms with van der Waals surface area (Å²) in [6, 6.07) is 16.4. The van der Waals surface area contributed by atoms with E-state index in [2.05, 4.69) is 63.6 Å². The van der Waals surface area contributed by atoms with Gasteiger partial charge in [0, 0.05) is 38.0 Å². The first kappa shape index (κ1) is 33.7. The summed E-state index contributed by atoms with van der Waals surface area (Å²) in [5.41, 5.74) is 3.12. The van der Waals surface area contributed by atoms with Crippen LogP contribution in [0.4, 0.5) is 11.8 Å². The van der Waals surface area contributed by atoms with Gasteiger partial charge in [0.25, 0.3) is 5.89 Å². The molecular weight excluding hydrogens is 642 g/mol. The fourth-order valence-corrected chi connectivity index (χ4v) is 6.62. The van der Waals surface area contributed by atoms with Crippen molar-refractivity contribution in [3.8, 4) is 11.5 Å². The quantitative estimate of drug-likeness (QED) is 0.175. The number of aliphatic hydroxyl groups is 2. The second-order valence-electron chi connectivity index (χ2n) is 12.9. The number of fused-ring (bicyclic) bond motifs is 1. The Hall–Kier alpha value is -4.83. The predicted molar refractivity (Wildman–Crippen MR) is 185 cm³/mol. The van der Waals surface area contributed by atoms with Crippen LogP contribution in [-0.4, -0.2) is 111 Å².